The second kappa shape index (κ2) is 14.2. The van der Waals surface area contributed by atoms with Gasteiger partial charge >= 0.3 is 0 Å². The van der Waals surface area contributed by atoms with Gasteiger partial charge in [-0.3, -0.25) is 0 Å². The maximum absolute atomic E-state index is 11.8. The van der Waals surface area contributed by atoms with Crippen molar-refractivity contribution in [3.63, 3.8) is 0 Å². The third-order valence-corrected chi connectivity index (χ3v) is 10.4. The summed E-state index contributed by atoms with van der Waals surface area (Å²) in [5.41, 5.74) is 8.88. The molecule has 1 fully saturated rings. The van der Waals surface area contributed by atoms with Gasteiger partial charge in [-0.2, -0.15) is 0 Å². The van der Waals surface area contributed by atoms with Crippen LogP contribution in [0.1, 0.15) is 81.3 Å². The summed E-state index contributed by atoms with van der Waals surface area (Å²) in [6, 6.07) is 36.8. The van der Waals surface area contributed by atoms with Crippen molar-refractivity contribution < 1.29 is 30.6 Å². The first-order chi connectivity index (χ1) is 24.6. The first-order valence-electron chi connectivity index (χ1n) is 17.5. The summed E-state index contributed by atoms with van der Waals surface area (Å²) in [7, 11) is 0. The minimum atomic E-state index is -0.387. The van der Waals surface area contributed by atoms with E-state index in [0.717, 1.165) is 81.3 Å². The second-order valence-corrected chi connectivity index (χ2v) is 13.9. The second-order valence-electron chi connectivity index (χ2n) is 13.9. The van der Waals surface area contributed by atoms with Gasteiger partial charge in [0.1, 0.15) is 34.5 Å². The summed E-state index contributed by atoms with van der Waals surface area (Å²) in [5.74, 6) is 1.22. The highest BCUT2D eigenvalue weighted by molar-refractivity contribution is 5.56. The van der Waals surface area contributed by atoms with Crippen molar-refractivity contribution in [2.75, 3.05) is 0 Å². The van der Waals surface area contributed by atoms with Crippen LogP contribution >= 0.6 is 0 Å². The molecule has 6 heteroatoms. The zero-order valence-electron chi connectivity index (χ0n) is 28.4. The van der Waals surface area contributed by atoms with Crippen LogP contribution in [0.15, 0.2) is 121 Å². The molecule has 0 atom stereocenters. The van der Waals surface area contributed by atoms with Gasteiger partial charge in [0.25, 0.3) is 0 Å². The molecule has 7 rings (SSSR count). The molecule has 1 aliphatic carbocycles. The number of rotatable bonds is 10. The Kier molecular flexibility index (Phi) is 9.33. The fraction of sp³-hybridized carbons (Fsp3) is 0.200. The van der Waals surface area contributed by atoms with Crippen LogP contribution < -0.4 is 0 Å². The normalized spacial score (nSPS) is 13.7. The molecule has 0 aromatic heterocycles. The van der Waals surface area contributed by atoms with Gasteiger partial charge in [0.15, 0.2) is 0 Å². The van der Waals surface area contributed by atoms with Crippen molar-refractivity contribution in [1.29, 1.82) is 0 Å². The molecule has 258 valence electrons. The van der Waals surface area contributed by atoms with E-state index in [9.17, 15) is 30.6 Å². The summed E-state index contributed by atoms with van der Waals surface area (Å²) >= 11 is 0. The maximum atomic E-state index is 11.8. The minimum absolute atomic E-state index is 0.188. The SMILES string of the molecule is Oc1ccc(Cc2cc(C3(c4cc(Cc5ccc(O)cc5)c(O)c(Cc5ccc(O)cc5)c4)CCCC3)cc(Cc3ccc(O)cc3)c2O)cc1. The molecule has 1 aliphatic rings. The summed E-state index contributed by atoms with van der Waals surface area (Å²) in [4.78, 5) is 0. The van der Waals surface area contributed by atoms with Gasteiger partial charge in [-0.1, -0.05) is 85.6 Å². The highest BCUT2D eigenvalue weighted by atomic mass is 16.3. The molecule has 0 heterocycles. The van der Waals surface area contributed by atoms with E-state index in [1.165, 1.54) is 0 Å². The number of aromatic hydroxyl groups is 6. The quantitative estimate of drug-likeness (QED) is 0.0860. The van der Waals surface area contributed by atoms with Crippen molar-refractivity contribution >= 4 is 0 Å². The van der Waals surface area contributed by atoms with Gasteiger partial charge in [-0.15, -0.1) is 0 Å². The summed E-state index contributed by atoms with van der Waals surface area (Å²) in [6.45, 7) is 0. The lowest BCUT2D eigenvalue weighted by atomic mass is 9.70. The molecular formula is C45H42O6. The van der Waals surface area contributed by atoms with Crippen molar-refractivity contribution in [1.82, 2.24) is 0 Å². The van der Waals surface area contributed by atoms with Crippen LogP contribution in [0.25, 0.3) is 0 Å². The molecule has 0 amide bonds. The van der Waals surface area contributed by atoms with E-state index in [4.69, 9.17) is 0 Å². The van der Waals surface area contributed by atoms with Crippen molar-refractivity contribution in [2.24, 2.45) is 0 Å². The van der Waals surface area contributed by atoms with Crippen molar-refractivity contribution in [3.05, 3.63) is 177 Å². The van der Waals surface area contributed by atoms with Gasteiger partial charge in [-0.25, -0.2) is 0 Å². The van der Waals surface area contributed by atoms with Crippen LogP contribution in [-0.2, 0) is 31.1 Å². The lowest BCUT2D eigenvalue weighted by molar-refractivity contribution is 0.458. The highest BCUT2D eigenvalue weighted by Gasteiger charge is 2.39. The Hall–Kier alpha value is -5.88. The fourth-order valence-electron chi connectivity index (χ4n) is 7.67. The Labute approximate surface area is 298 Å². The van der Waals surface area contributed by atoms with E-state index in [0.29, 0.717) is 25.7 Å². The predicted molar refractivity (Wildman–Crippen MR) is 199 cm³/mol. The van der Waals surface area contributed by atoms with E-state index in [2.05, 4.69) is 24.3 Å². The molecule has 0 unspecified atom stereocenters. The third-order valence-electron chi connectivity index (χ3n) is 10.4. The van der Waals surface area contributed by atoms with E-state index in [1.807, 2.05) is 48.5 Å². The molecule has 51 heavy (non-hydrogen) atoms. The van der Waals surface area contributed by atoms with Crippen LogP contribution in [0, 0.1) is 0 Å². The Balaban J connectivity index is 1.38. The smallest absolute Gasteiger partial charge is 0.122 e. The Morgan fingerprint density at radius 3 is 0.824 bits per heavy atom. The molecular weight excluding hydrogens is 636 g/mol. The molecule has 0 spiro atoms. The number of phenols is 6. The molecule has 1 saturated carbocycles. The Morgan fingerprint density at radius 2 is 0.588 bits per heavy atom. The zero-order valence-corrected chi connectivity index (χ0v) is 28.4. The Bertz CT molecular complexity index is 1840. The van der Waals surface area contributed by atoms with Crippen LogP contribution in [0.2, 0.25) is 0 Å². The average Bonchev–Trinajstić information content (AvgIpc) is 3.63. The minimum Gasteiger partial charge on any atom is -0.508 e. The first-order valence-corrected chi connectivity index (χ1v) is 17.5. The molecule has 0 aliphatic heterocycles. The maximum Gasteiger partial charge on any atom is 0.122 e. The summed E-state index contributed by atoms with van der Waals surface area (Å²) in [5, 5.41) is 63.2. The number of benzene rings is 6. The largest absolute Gasteiger partial charge is 0.508 e. The van der Waals surface area contributed by atoms with Crippen LogP contribution in [0.4, 0.5) is 0 Å². The molecule has 0 bridgehead atoms. The molecule has 0 radical (unpaired) electrons. The standard InChI is InChI=1S/C45H42O6/c46-39-11-3-29(4-12-39)21-33-25-37(26-34(43(33)50)22-30-5-13-40(47)14-6-30)45(19-1-2-20-45)38-27-35(23-31-7-15-41(48)16-8-31)44(51)36(28-38)24-32-9-17-42(49)18-10-32/h3-18,25-28,46-51H,1-2,19-24H2. The van der Waals surface area contributed by atoms with Crippen LogP contribution in [0.3, 0.4) is 0 Å². The van der Waals surface area contributed by atoms with Gasteiger partial charge in [-0.05, 0) is 117 Å². The number of phenolic OH excluding ortho intramolecular Hbond substituents is 6. The lowest BCUT2D eigenvalue weighted by Gasteiger charge is -2.33. The van der Waals surface area contributed by atoms with E-state index in [1.54, 1.807) is 48.5 Å². The molecule has 6 aromatic rings. The molecule has 0 saturated heterocycles. The average molecular weight is 679 g/mol. The van der Waals surface area contributed by atoms with Gasteiger partial charge in [0, 0.05) is 31.1 Å². The van der Waals surface area contributed by atoms with Crippen LogP contribution in [-0.4, -0.2) is 30.6 Å². The number of hydrogen-bond donors (Lipinski definition) is 6. The first kappa shape index (κ1) is 33.6. The predicted octanol–water partition coefficient (Wildman–Crippen LogP) is 9.14. The van der Waals surface area contributed by atoms with E-state index >= 15 is 0 Å². The zero-order chi connectivity index (χ0) is 35.5. The highest BCUT2D eigenvalue weighted by Crippen LogP contribution is 2.50. The van der Waals surface area contributed by atoms with Crippen molar-refractivity contribution in [2.45, 2.75) is 56.8 Å². The van der Waals surface area contributed by atoms with Gasteiger partial charge in [0.2, 0.25) is 0 Å². The molecule has 6 nitrogen and oxygen atoms in total. The topological polar surface area (TPSA) is 121 Å². The summed E-state index contributed by atoms with van der Waals surface area (Å²) in [6.07, 6.45) is 5.78. The van der Waals surface area contributed by atoms with Gasteiger partial charge < -0.3 is 30.6 Å². The Morgan fingerprint density at radius 1 is 0.353 bits per heavy atom. The molecule has 6 N–H and O–H groups in total. The third kappa shape index (κ3) is 7.36. The fourth-order valence-corrected chi connectivity index (χ4v) is 7.67. The summed E-state index contributed by atoms with van der Waals surface area (Å²) < 4.78 is 0. The van der Waals surface area contributed by atoms with Crippen LogP contribution in [0.5, 0.6) is 34.5 Å². The van der Waals surface area contributed by atoms with E-state index < -0.39 is 0 Å². The van der Waals surface area contributed by atoms with Crippen molar-refractivity contribution in [3.8, 4) is 34.5 Å². The van der Waals surface area contributed by atoms with E-state index in [-0.39, 0.29) is 39.9 Å². The van der Waals surface area contributed by atoms with Gasteiger partial charge in [0.05, 0.1) is 0 Å². The monoisotopic (exact) mass is 678 g/mol. The number of hydrogen-bond acceptors (Lipinski definition) is 6. The molecule has 6 aromatic carbocycles. The lowest BCUT2D eigenvalue weighted by Crippen LogP contribution is -2.25.